The quantitative estimate of drug-likeness (QED) is 0.587. The van der Waals surface area contributed by atoms with Crippen LogP contribution < -0.4 is 15.4 Å². The van der Waals surface area contributed by atoms with E-state index in [-0.39, 0.29) is 46.4 Å². The van der Waals surface area contributed by atoms with Gasteiger partial charge >= 0.3 is 0 Å². The highest BCUT2D eigenvalue weighted by Gasteiger charge is 2.30. The van der Waals surface area contributed by atoms with Gasteiger partial charge in [-0.2, -0.15) is 4.31 Å². The van der Waals surface area contributed by atoms with Gasteiger partial charge in [-0.25, -0.2) is 8.42 Å². The summed E-state index contributed by atoms with van der Waals surface area (Å²) in [5.41, 5.74) is 0.947. The number of hydrogen-bond acceptors (Lipinski definition) is 6. The molecule has 12 heteroatoms. The van der Waals surface area contributed by atoms with Crippen molar-refractivity contribution in [1.29, 1.82) is 0 Å². The Morgan fingerprint density at radius 2 is 1.73 bits per heavy atom. The first kappa shape index (κ1) is 25.3. The minimum atomic E-state index is -3.80. The number of piperazine rings is 1. The van der Waals surface area contributed by atoms with Crippen LogP contribution in [-0.2, 0) is 19.6 Å². The van der Waals surface area contributed by atoms with E-state index in [4.69, 9.17) is 27.9 Å². The number of hydrogen-bond donors (Lipinski definition) is 2. The number of halogens is 2. The normalized spacial score (nSPS) is 15.2. The van der Waals surface area contributed by atoms with Crippen LogP contribution in [0.15, 0.2) is 41.3 Å². The molecule has 1 fully saturated rings. The first-order chi connectivity index (χ1) is 15.6. The van der Waals surface area contributed by atoms with Gasteiger partial charge in [0.05, 0.1) is 24.4 Å². The molecule has 1 saturated heterocycles. The van der Waals surface area contributed by atoms with Crippen LogP contribution in [0.4, 0.5) is 11.4 Å². The zero-order valence-electron chi connectivity index (χ0n) is 18.1. The fraction of sp³-hybridized carbons (Fsp3) is 0.333. The molecule has 0 atom stereocenters. The third kappa shape index (κ3) is 6.36. The number of methoxy groups -OCH3 is 1. The van der Waals surface area contributed by atoms with Gasteiger partial charge in [-0.1, -0.05) is 23.2 Å². The number of rotatable bonds is 7. The van der Waals surface area contributed by atoms with E-state index in [1.807, 2.05) is 4.90 Å². The molecule has 2 N–H and O–H groups in total. The van der Waals surface area contributed by atoms with Gasteiger partial charge in [-0.3, -0.25) is 14.5 Å². The van der Waals surface area contributed by atoms with Crippen molar-refractivity contribution in [2.45, 2.75) is 11.8 Å². The van der Waals surface area contributed by atoms with Crippen LogP contribution in [0.2, 0.25) is 10.0 Å². The van der Waals surface area contributed by atoms with Crippen LogP contribution >= 0.6 is 23.2 Å². The molecule has 0 aliphatic carbocycles. The van der Waals surface area contributed by atoms with Gasteiger partial charge in [0.15, 0.2) is 0 Å². The predicted molar refractivity (Wildman–Crippen MR) is 128 cm³/mol. The summed E-state index contributed by atoms with van der Waals surface area (Å²) in [4.78, 5) is 25.7. The first-order valence-corrected chi connectivity index (χ1v) is 12.2. The van der Waals surface area contributed by atoms with Crippen LogP contribution in [-0.4, -0.2) is 69.3 Å². The number of amides is 2. The van der Waals surface area contributed by atoms with Crippen LogP contribution in [0, 0.1) is 0 Å². The number of benzene rings is 2. The molecule has 0 radical (unpaired) electrons. The molecular weight excluding hydrogens is 491 g/mol. The average Bonchev–Trinajstić information content (AvgIpc) is 2.75. The third-order valence-corrected chi connectivity index (χ3v) is 7.62. The lowest BCUT2D eigenvalue weighted by Crippen LogP contribution is -2.50. The van der Waals surface area contributed by atoms with Gasteiger partial charge in [-0.05, 0) is 36.4 Å². The third-order valence-electron chi connectivity index (χ3n) is 5.00. The lowest BCUT2D eigenvalue weighted by molar-refractivity contribution is -0.117. The summed E-state index contributed by atoms with van der Waals surface area (Å²) < 4.78 is 32.5. The van der Waals surface area contributed by atoms with E-state index < -0.39 is 10.0 Å². The van der Waals surface area contributed by atoms with Gasteiger partial charge in [0, 0.05) is 43.8 Å². The number of sulfonamides is 1. The lowest BCUT2D eigenvalue weighted by Gasteiger charge is -2.33. The fourth-order valence-electron chi connectivity index (χ4n) is 3.42. The van der Waals surface area contributed by atoms with E-state index in [1.165, 1.54) is 36.5 Å². The minimum Gasteiger partial charge on any atom is -0.495 e. The van der Waals surface area contributed by atoms with Crippen molar-refractivity contribution in [1.82, 2.24) is 9.21 Å². The molecule has 0 spiro atoms. The minimum absolute atomic E-state index is 0.0333. The second-order valence-electron chi connectivity index (χ2n) is 7.40. The molecular formula is C21H24Cl2N4O5S. The second kappa shape index (κ2) is 10.7. The highest BCUT2D eigenvalue weighted by Crippen LogP contribution is 2.29. The van der Waals surface area contributed by atoms with E-state index in [2.05, 4.69) is 10.6 Å². The van der Waals surface area contributed by atoms with E-state index in [0.29, 0.717) is 30.2 Å². The molecule has 33 heavy (non-hydrogen) atoms. The van der Waals surface area contributed by atoms with E-state index in [1.54, 1.807) is 18.2 Å². The Hall–Kier alpha value is -2.37. The van der Waals surface area contributed by atoms with Crippen LogP contribution in [0.25, 0.3) is 0 Å². The zero-order chi connectivity index (χ0) is 24.2. The Bertz CT molecular complexity index is 1150. The summed E-state index contributed by atoms with van der Waals surface area (Å²) in [7, 11) is -2.32. The van der Waals surface area contributed by atoms with Crippen molar-refractivity contribution in [2.75, 3.05) is 50.5 Å². The molecule has 0 aromatic heterocycles. The first-order valence-electron chi connectivity index (χ1n) is 10.0. The molecule has 0 unspecified atom stereocenters. The van der Waals surface area contributed by atoms with Crippen LogP contribution in [0.3, 0.4) is 0 Å². The SMILES string of the molecule is COc1ccc(NC(C)=O)cc1NC(=O)CN1CCN(S(=O)(=O)c2cc(Cl)ccc2Cl)CC1. The maximum Gasteiger partial charge on any atom is 0.244 e. The Balaban J connectivity index is 1.61. The highest BCUT2D eigenvalue weighted by molar-refractivity contribution is 7.89. The summed E-state index contributed by atoms with van der Waals surface area (Å²) >= 11 is 12.0. The van der Waals surface area contributed by atoms with Crippen LogP contribution in [0.5, 0.6) is 5.75 Å². The maximum atomic E-state index is 13.0. The molecule has 0 saturated carbocycles. The van der Waals surface area contributed by atoms with Gasteiger partial charge in [0.1, 0.15) is 10.6 Å². The summed E-state index contributed by atoms with van der Waals surface area (Å²) in [6.07, 6.45) is 0. The fourth-order valence-corrected chi connectivity index (χ4v) is 5.58. The van der Waals surface area contributed by atoms with Crippen molar-refractivity contribution in [3.05, 3.63) is 46.4 Å². The predicted octanol–water partition coefficient (Wildman–Crippen LogP) is 2.91. The van der Waals surface area contributed by atoms with Gasteiger partial charge in [0.25, 0.3) is 0 Å². The smallest absolute Gasteiger partial charge is 0.244 e. The van der Waals surface area contributed by atoms with E-state index in [9.17, 15) is 18.0 Å². The molecule has 178 valence electrons. The maximum absolute atomic E-state index is 13.0. The van der Waals surface area contributed by atoms with Crippen molar-refractivity contribution in [3.8, 4) is 5.75 Å². The molecule has 1 aliphatic rings. The summed E-state index contributed by atoms with van der Waals surface area (Å²) in [5, 5.41) is 5.83. The number of nitrogens with one attached hydrogen (secondary N) is 2. The monoisotopic (exact) mass is 514 g/mol. The number of nitrogens with zero attached hydrogens (tertiary/aromatic N) is 2. The molecule has 9 nitrogen and oxygen atoms in total. The highest BCUT2D eigenvalue weighted by atomic mass is 35.5. The van der Waals surface area contributed by atoms with Crippen LogP contribution in [0.1, 0.15) is 6.92 Å². The Morgan fingerprint density at radius 3 is 2.36 bits per heavy atom. The molecule has 2 aromatic rings. The largest absolute Gasteiger partial charge is 0.495 e. The summed E-state index contributed by atoms with van der Waals surface area (Å²) in [6.45, 7) is 2.61. The summed E-state index contributed by atoms with van der Waals surface area (Å²) in [5.74, 6) is -0.0708. The van der Waals surface area contributed by atoms with Gasteiger partial charge in [-0.15, -0.1) is 0 Å². The number of carbonyl (C=O) groups excluding carboxylic acids is 2. The number of ether oxygens (including phenoxy) is 1. The zero-order valence-corrected chi connectivity index (χ0v) is 20.4. The molecule has 0 bridgehead atoms. The van der Waals surface area contributed by atoms with Gasteiger partial charge in [0.2, 0.25) is 21.8 Å². The Morgan fingerprint density at radius 1 is 1.03 bits per heavy atom. The molecule has 1 heterocycles. The Kier molecular flexibility index (Phi) is 8.19. The van der Waals surface area contributed by atoms with Crippen molar-refractivity contribution in [2.24, 2.45) is 0 Å². The van der Waals surface area contributed by atoms with Gasteiger partial charge < -0.3 is 15.4 Å². The molecule has 3 rings (SSSR count). The molecule has 2 aromatic carbocycles. The topological polar surface area (TPSA) is 108 Å². The van der Waals surface area contributed by atoms with E-state index in [0.717, 1.165) is 0 Å². The second-order valence-corrected chi connectivity index (χ2v) is 10.1. The molecule has 2 amide bonds. The average molecular weight is 515 g/mol. The number of anilines is 2. The summed E-state index contributed by atoms with van der Waals surface area (Å²) in [6, 6.07) is 9.24. The molecule has 1 aliphatic heterocycles. The lowest BCUT2D eigenvalue weighted by atomic mass is 10.2. The van der Waals surface area contributed by atoms with Crippen molar-refractivity contribution in [3.63, 3.8) is 0 Å². The van der Waals surface area contributed by atoms with Crippen molar-refractivity contribution >= 4 is 56.4 Å². The van der Waals surface area contributed by atoms with E-state index >= 15 is 0 Å². The standard InChI is InChI=1S/C21H24Cl2N4O5S/c1-14(28)24-16-4-6-19(32-2)18(12-16)25-21(29)13-26-7-9-27(10-8-26)33(30,31)20-11-15(22)3-5-17(20)23/h3-6,11-12H,7-10,13H2,1-2H3,(H,24,28)(H,25,29). The van der Waals surface area contributed by atoms with Crippen molar-refractivity contribution < 1.29 is 22.7 Å². The number of carbonyl (C=O) groups is 2. The Labute approximate surface area is 202 Å².